The molecule has 2 rings (SSSR count). The summed E-state index contributed by atoms with van der Waals surface area (Å²) in [4.78, 5) is 11.1. The van der Waals surface area contributed by atoms with Gasteiger partial charge in [0, 0.05) is 29.4 Å². The maximum absolute atomic E-state index is 11.1. The van der Waals surface area contributed by atoms with Gasteiger partial charge in [0.2, 0.25) is 5.91 Å². The number of nitrogen functional groups attached to an aromatic ring is 1. The van der Waals surface area contributed by atoms with E-state index in [9.17, 15) is 4.79 Å². The van der Waals surface area contributed by atoms with Gasteiger partial charge in [0.1, 0.15) is 0 Å². The highest BCUT2D eigenvalue weighted by molar-refractivity contribution is 6.14. The minimum Gasteiger partial charge on any atom is -0.398 e. The van der Waals surface area contributed by atoms with Crippen LogP contribution in [0, 0.1) is 12.3 Å². The van der Waals surface area contributed by atoms with Gasteiger partial charge in [-0.1, -0.05) is 43.7 Å². The monoisotopic (exact) mass is 297 g/mol. The van der Waals surface area contributed by atoms with Crippen molar-refractivity contribution in [2.45, 2.75) is 27.7 Å². The quantitative estimate of drug-likeness (QED) is 0.592. The summed E-state index contributed by atoms with van der Waals surface area (Å²) in [7, 11) is 0. The van der Waals surface area contributed by atoms with Gasteiger partial charge in [0.05, 0.1) is 5.71 Å². The van der Waals surface area contributed by atoms with Crippen LogP contribution in [0.4, 0.5) is 11.4 Å². The Hall–Kier alpha value is -2.62. The van der Waals surface area contributed by atoms with Crippen molar-refractivity contribution >= 4 is 23.0 Å². The molecule has 4 nitrogen and oxygen atoms in total. The fraction of sp³-hybridized carbons (Fsp3) is 0.222. The van der Waals surface area contributed by atoms with E-state index in [-0.39, 0.29) is 5.91 Å². The third-order valence-electron chi connectivity index (χ3n) is 2.98. The molecule has 22 heavy (non-hydrogen) atoms. The molecule has 0 aromatic heterocycles. The number of anilines is 2. The van der Waals surface area contributed by atoms with Crippen molar-refractivity contribution in [2.75, 3.05) is 11.1 Å². The van der Waals surface area contributed by atoms with E-state index in [2.05, 4.69) is 5.32 Å². The van der Waals surface area contributed by atoms with Crippen molar-refractivity contribution in [1.82, 2.24) is 0 Å². The molecule has 2 aromatic rings. The highest BCUT2D eigenvalue weighted by atomic mass is 16.1. The van der Waals surface area contributed by atoms with Gasteiger partial charge in [-0.15, -0.1) is 0 Å². The Morgan fingerprint density at radius 2 is 1.68 bits per heavy atom. The molecule has 0 saturated carbocycles. The van der Waals surface area contributed by atoms with Crippen LogP contribution in [0.15, 0.2) is 42.5 Å². The molecule has 4 N–H and O–H groups in total. The lowest BCUT2D eigenvalue weighted by Crippen LogP contribution is -2.09. The second-order valence-electron chi connectivity index (χ2n) is 4.72. The van der Waals surface area contributed by atoms with Gasteiger partial charge in [-0.2, -0.15) is 0 Å². The summed E-state index contributed by atoms with van der Waals surface area (Å²) in [6.45, 7) is 7.44. The van der Waals surface area contributed by atoms with Crippen LogP contribution in [0.2, 0.25) is 0 Å². The highest BCUT2D eigenvalue weighted by Gasteiger charge is 2.10. The summed E-state index contributed by atoms with van der Waals surface area (Å²) >= 11 is 0. The van der Waals surface area contributed by atoms with Crippen LogP contribution in [-0.4, -0.2) is 11.6 Å². The molecule has 0 spiro atoms. The number of amides is 1. The third-order valence-corrected chi connectivity index (χ3v) is 2.98. The van der Waals surface area contributed by atoms with Crippen molar-refractivity contribution in [3.05, 3.63) is 59.2 Å². The van der Waals surface area contributed by atoms with E-state index in [0.717, 1.165) is 11.1 Å². The minimum absolute atomic E-state index is 0.150. The molecule has 0 aliphatic heterocycles. The highest BCUT2D eigenvalue weighted by Crippen LogP contribution is 2.21. The van der Waals surface area contributed by atoms with E-state index < -0.39 is 0 Å². The zero-order chi connectivity index (χ0) is 16.7. The Morgan fingerprint density at radius 1 is 1.09 bits per heavy atom. The molecule has 116 valence electrons. The lowest BCUT2D eigenvalue weighted by Gasteiger charge is -2.11. The van der Waals surface area contributed by atoms with Crippen molar-refractivity contribution < 1.29 is 4.79 Å². The molecule has 0 saturated heterocycles. The fourth-order valence-corrected chi connectivity index (χ4v) is 1.93. The molecule has 2 aromatic carbocycles. The van der Waals surface area contributed by atoms with Gasteiger partial charge in [0.25, 0.3) is 0 Å². The smallest absolute Gasteiger partial charge is 0.221 e. The maximum Gasteiger partial charge on any atom is 0.221 e. The van der Waals surface area contributed by atoms with E-state index in [1.807, 2.05) is 45.0 Å². The first-order chi connectivity index (χ1) is 10.5. The predicted molar refractivity (Wildman–Crippen MR) is 93.6 cm³/mol. The summed E-state index contributed by atoms with van der Waals surface area (Å²) < 4.78 is 0. The normalized spacial score (nSPS) is 9.45. The van der Waals surface area contributed by atoms with Crippen molar-refractivity contribution in [1.29, 1.82) is 5.41 Å². The lowest BCUT2D eigenvalue weighted by atomic mass is 9.99. The number of rotatable bonds is 3. The average molecular weight is 297 g/mol. The van der Waals surface area contributed by atoms with Crippen LogP contribution >= 0.6 is 0 Å². The average Bonchev–Trinajstić information content (AvgIpc) is 2.51. The Bertz CT molecular complexity index is 661. The molecule has 1 amide bonds. The van der Waals surface area contributed by atoms with Gasteiger partial charge < -0.3 is 11.1 Å². The Morgan fingerprint density at radius 3 is 2.23 bits per heavy atom. The standard InChI is InChI=1S/C16H17N3O.C2H6/c1-10-3-5-12(6-4-10)16(18)14-9-13(19-11(2)20)7-8-15(14)17;1-2/h3-9,18H,17H2,1-2H3,(H,19,20);1-2H3. The number of nitrogens with one attached hydrogen (secondary N) is 2. The summed E-state index contributed by atoms with van der Waals surface area (Å²) in [5.74, 6) is -0.150. The van der Waals surface area contributed by atoms with Gasteiger partial charge in [-0.25, -0.2) is 0 Å². The van der Waals surface area contributed by atoms with E-state index in [0.29, 0.717) is 22.6 Å². The molecule has 0 aliphatic carbocycles. The number of benzene rings is 2. The van der Waals surface area contributed by atoms with Crippen LogP contribution < -0.4 is 11.1 Å². The summed E-state index contributed by atoms with van der Waals surface area (Å²) in [5.41, 5.74) is 9.98. The molecule has 4 heteroatoms. The van der Waals surface area contributed by atoms with Crippen LogP contribution in [0.1, 0.15) is 37.5 Å². The Labute approximate surface area is 131 Å². The molecular formula is C18H23N3O. The summed E-state index contributed by atoms with van der Waals surface area (Å²) in [6.07, 6.45) is 0. The Balaban J connectivity index is 0.00000116. The van der Waals surface area contributed by atoms with Gasteiger partial charge >= 0.3 is 0 Å². The third kappa shape index (κ3) is 4.45. The number of carbonyl (C=O) groups excluding carboxylic acids is 1. The summed E-state index contributed by atoms with van der Waals surface area (Å²) in [6, 6.07) is 12.8. The molecular weight excluding hydrogens is 274 g/mol. The second kappa shape index (κ2) is 7.98. The zero-order valence-corrected chi connectivity index (χ0v) is 13.5. The van der Waals surface area contributed by atoms with E-state index in [1.54, 1.807) is 18.2 Å². The topological polar surface area (TPSA) is 79.0 Å². The number of aryl methyl sites for hydroxylation is 1. The van der Waals surface area contributed by atoms with Crippen LogP contribution in [0.3, 0.4) is 0 Å². The molecule has 0 bridgehead atoms. The molecule has 0 unspecified atom stereocenters. The molecule has 0 atom stereocenters. The number of carbonyl (C=O) groups is 1. The van der Waals surface area contributed by atoms with E-state index in [4.69, 9.17) is 11.1 Å². The van der Waals surface area contributed by atoms with E-state index >= 15 is 0 Å². The van der Waals surface area contributed by atoms with Crippen molar-refractivity contribution in [2.24, 2.45) is 0 Å². The van der Waals surface area contributed by atoms with Crippen LogP contribution in [0.5, 0.6) is 0 Å². The fourth-order valence-electron chi connectivity index (χ4n) is 1.93. The van der Waals surface area contributed by atoms with E-state index in [1.165, 1.54) is 6.92 Å². The molecule has 0 aliphatic rings. The van der Waals surface area contributed by atoms with Gasteiger partial charge in [-0.3, -0.25) is 10.2 Å². The first-order valence-electron chi connectivity index (χ1n) is 7.30. The second-order valence-corrected chi connectivity index (χ2v) is 4.72. The molecule has 0 fully saturated rings. The Kier molecular flexibility index (Phi) is 6.32. The number of hydrogen-bond donors (Lipinski definition) is 3. The van der Waals surface area contributed by atoms with Gasteiger partial charge in [-0.05, 0) is 25.1 Å². The van der Waals surface area contributed by atoms with Crippen LogP contribution in [-0.2, 0) is 4.79 Å². The molecule has 0 heterocycles. The SMILES string of the molecule is CC.CC(=O)Nc1ccc(N)c(C(=N)c2ccc(C)cc2)c1. The van der Waals surface area contributed by atoms with Crippen molar-refractivity contribution in [3.63, 3.8) is 0 Å². The van der Waals surface area contributed by atoms with Crippen molar-refractivity contribution in [3.8, 4) is 0 Å². The molecule has 0 radical (unpaired) electrons. The van der Waals surface area contributed by atoms with Gasteiger partial charge in [0.15, 0.2) is 0 Å². The number of nitrogens with two attached hydrogens (primary N) is 1. The maximum atomic E-state index is 11.1. The lowest BCUT2D eigenvalue weighted by molar-refractivity contribution is -0.114. The largest absolute Gasteiger partial charge is 0.398 e. The first-order valence-corrected chi connectivity index (χ1v) is 7.30. The zero-order valence-electron chi connectivity index (χ0n) is 13.5. The summed E-state index contributed by atoms with van der Waals surface area (Å²) in [5, 5.41) is 11.0. The minimum atomic E-state index is -0.150. The first kappa shape index (κ1) is 17.4. The predicted octanol–water partition coefficient (Wildman–Crippen LogP) is 3.98. The number of hydrogen-bond acceptors (Lipinski definition) is 3. The van der Waals surface area contributed by atoms with Crippen LogP contribution in [0.25, 0.3) is 0 Å².